The molecule has 0 radical (unpaired) electrons. The number of rotatable bonds is 7. The summed E-state index contributed by atoms with van der Waals surface area (Å²) < 4.78 is 10.5. The summed E-state index contributed by atoms with van der Waals surface area (Å²) in [6.45, 7) is 3.72. The summed E-state index contributed by atoms with van der Waals surface area (Å²) in [5.74, 6) is 3.65. The number of benzene rings is 1. The standard InChI is InChI=1S/C18H22N6O2/c1-3-19-18(20-11-15-5-4-10-26-15)21-12-16-22-17(24-23-16)13-6-8-14(25-2)9-7-13/h4-10H,3,11-12H2,1-2H3,(H2,19,20,21)(H,22,23,24). The number of H-pyrrole nitrogens is 1. The van der Waals surface area contributed by atoms with Crippen LogP contribution in [0, 0.1) is 0 Å². The number of ether oxygens (including phenoxy) is 1. The lowest BCUT2D eigenvalue weighted by molar-refractivity contribution is 0.415. The van der Waals surface area contributed by atoms with Gasteiger partial charge in [-0.15, -0.1) is 0 Å². The van der Waals surface area contributed by atoms with Crippen LogP contribution in [0.25, 0.3) is 11.4 Å². The summed E-state index contributed by atoms with van der Waals surface area (Å²) in [5.41, 5.74) is 0.917. The molecule has 8 heteroatoms. The van der Waals surface area contributed by atoms with Gasteiger partial charge in [0.1, 0.15) is 23.9 Å². The lowest BCUT2D eigenvalue weighted by atomic mass is 10.2. The van der Waals surface area contributed by atoms with Crippen molar-refractivity contribution in [3.63, 3.8) is 0 Å². The molecule has 26 heavy (non-hydrogen) atoms. The predicted octanol–water partition coefficient (Wildman–Crippen LogP) is 2.33. The maximum absolute atomic E-state index is 5.31. The Kier molecular flexibility index (Phi) is 5.87. The quantitative estimate of drug-likeness (QED) is 0.445. The lowest BCUT2D eigenvalue weighted by Crippen LogP contribution is -2.36. The van der Waals surface area contributed by atoms with Gasteiger partial charge in [0.25, 0.3) is 0 Å². The van der Waals surface area contributed by atoms with E-state index in [1.807, 2.05) is 43.3 Å². The van der Waals surface area contributed by atoms with E-state index in [1.165, 1.54) is 0 Å². The van der Waals surface area contributed by atoms with E-state index in [1.54, 1.807) is 13.4 Å². The molecule has 2 aromatic heterocycles. The highest BCUT2D eigenvalue weighted by molar-refractivity contribution is 5.79. The van der Waals surface area contributed by atoms with Crippen molar-refractivity contribution in [1.29, 1.82) is 0 Å². The summed E-state index contributed by atoms with van der Waals surface area (Å²) in [6.07, 6.45) is 1.65. The maximum Gasteiger partial charge on any atom is 0.192 e. The van der Waals surface area contributed by atoms with Crippen molar-refractivity contribution in [2.45, 2.75) is 20.0 Å². The van der Waals surface area contributed by atoms with Crippen LogP contribution in [0.1, 0.15) is 18.5 Å². The monoisotopic (exact) mass is 354 g/mol. The van der Waals surface area contributed by atoms with Crippen molar-refractivity contribution in [2.75, 3.05) is 13.7 Å². The highest BCUT2D eigenvalue weighted by Gasteiger charge is 2.07. The summed E-state index contributed by atoms with van der Waals surface area (Å²) >= 11 is 0. The topological polar surface area (TPSA) is 100 Å². The molecular formula is C18H22N6O2. The number of nitrogens with zero attached hydrogens (tertiary/aromatic N) is 3. The van der Waals surface area contributed by atoms with Gasteiger partial charge in [0.2, 0.25) is 0 Å². The molecule has 0 amide bonds. The molecule has 3 aromatic rings. The van der Waals surface area contributed by atoms with Crippen LogP contribution in [-0.2, 0) is 13.1 Å². The first-order valence-electron chi connectivity index (χ1n) is 8.38. The van der Waals surface area contributed by atoms with Crippen LogP contribution >= 0.6 is 0 Å². The zero-order chi connectivity index (χ0) is 18.2. The number of hydrogen-bond acceptors (Lipinski definition) is 5. The number of aromatic nitrogens is 3. The summed E-state index contributed by atoms with van der Waals surface area (Å²) in [5, 5.41) is 13.6. The molecule has 8 nitrogen and oxygen atoms in total. The average Bonchev–Trinajstić information content (AvgIpc) is 3.36. The second kappa shape index (κ2) is 8.70. The third-order valence-electron chi connectivity index (χ3n) is 3.62. The number of guanidine groups is 1. The minimum absolute atomic E-state index is 0.386. The third-order valence-corrected chi connectivity index (χ3v) is 3.62. The van der Waals surface area contributed by atoms with Gasteiger partial charge in [-0.25, -0.2) is 9.98 Å². The Morgan fingerprint density at radius 3 is 2.77 bits per heavy atom. The van der Waals surface area contributed by atoms with Gasteiger partial charge < -0.3 is 19.8 Å². The zero-order valence-corrected chi connectivity index (χ0v) is 14.8. The van der Waals surface area contributed by atoms with Gasteiger partial charge in [-0.1, -0.05) is 0 Å². The van der Waals surface area contributed by atoms with Crippen LogP contribution < -0.4 is 15.4 Å². The molecule has 0 aliphatic rings. The Morgan fingerprint density at radius 2 is 2.08 bits per heavy atom. The molecule has 0 spiro atoms. The van der Waals surface area contributed by atoms with Gasteiger partial charge in [-0.3, -0.25) is 5.10 Å². The van der Waals surface area contributed by atoms with Crippen molar-refractivity contribution in [1.82, 2.24) is 25.8 Å². The van der Waals surface area contributed by atoms with Gasteiger partial charge in [0.05, 0.1) is 19.9 Å². The normalized spacial score (nSPS) is 11.4. The molecule has 0 atom stereocenters. The molecule has 2 heterocycles. The van der Waals surface area contributed by atoms with Crippen molar-refractivity contribution in [3.05, 3.63) is 54.2 Å². The molecule has 0 fully saturated rings. The van der Waals surface area contributed by atoms with E-state index in [-0.39, 0.29) is 0 Å². The number of nitrogens with one attached hydrogen (secondary N) is 3. The fourth-order valence-electron chi connectivity index (χ4n) is 2.31. The first-order valence-corrected chi connectivity index (χ1v) is 8.38. The number of methoxy groups -OCH3 is 1. The van der Waals surface area contributed by atoms with Crippen molar-refractivity contribution >= 4 is 5.96 Å². The first kappa shape index (κ1) is 17.5. The largest absolute Gasteiger partial charge is 0.497 e. The lowest BCUT2D eigenvalue weighted by Gasteiger charge is -2.09. The van der Waals surface area contributed by atoms with Crippen molar-refractivity contribution in [3.8, 4) is 17.1 Å². The fourth-order valence-corrected chi connectivity index (χ4v) is 2.31. The summed E-state index contributed by atoms with van der Waals surface area (Å²) in [4.78, 5) is 9.01. The molecule has 0 saturated carbocycles. The Hall–Kier alpha value is -3.29. The Balaban J connectivity index is 1.62. The van der Waals surface area contributed by atoms with Crippen molar-refractivity contribution in [2.24, 2.45) is 4.99 Å². The molecule has 0 aliphatic heterocycles. The van der Waals surface area contributed by atoms with E-state index in [9.17, 15) is 0 Å². The number of aliphatic imine (C=N–C) groups is 1. The van der Waals surface area contributed by atoms with Crippen LogP contribution in [0.3, 0.4) is 0 Å². The molecule has 136 valence electrons. The molecule has 0 aliphatic carbocycles. The fraction of sp³-hybridized carbons (Fsp3) is 0.278. The highest BCUT2D eigenvalue weighted by atomic mass is 16.5. The summed E-state index contributed by atoms with van der Waals surface area (Å²) in [6, 6.07) is 11.4. The Labute approximate surface area is 151 Å². The molecule has 0 bridgehead atoms. The predicted molar refractivity (Wildman–Crippen MR) is 98.7 cm³/mol. The number of aromatic amines is 1. The smallest absolute Gasteiger partial charge is 0.192 e. The maximum atomic E-state index is 5.31. The molecule has 1 aromatic carbocycles. The van der Waals surface area contributed by atoms with Gasteiger partial charge in [-0.2, -0.15) is 5.10 Å². The van der Waals surface area contributed by atoms with Crippen LogP contribution in [0.4, 0.5) is 0 Å². The van der Waals surface area contributed by atoms with Gasteiger partial charge >= 0.3 is 0 Å². The van der Waals surface area contributed by atoms with E-state index in [2.05, 4.69) is 30.8 Å². The van der Waals surface area contributed by atoms with Crippen LogP contribution in [-0.4, -0.2) is 34.8 Å². The molecule has 3 N–H and O–H groups in total. The second-order valence-corrected chi connectivity index (χ2v) is 5.46. The number of furan rings is 1. The first-order chi connectivity index (χ1) is 12.8. The highest BCUT2D eigenvalue weighted by Crippen LogP contribution is 2.18. The van der Waals surface area contributed by atoms with Gasteiger partial charge in [0.15, 0.2) is 11.8 Å². The summed E-state index contributed by atoms with van der Waals surface area (Å²) in [7, 11) is 1.64. The van der Waals surface area contributed by atoms with E-state index in [0.717, 1.165) is 23.6 Å². The van der Waals surface area contributed by atoms with Gasteiger partial charge in [0, 0.05) is 12.1 Å². The average molecular weight is 354 g/mol. The Bertz CT molecular complexity index is 824. The zero-order valence-electron chi connectivity index (χ0n) is 14.8. The number of hydrogen-bond donors (Lipinski definition) is 3. The van der Waals surface area contributed by atoms with E-state index in [4.69, 9.17) is 9.15 Å². The SMILES string of the molecule is CCNC(=NCc1nc(-c2ccc(OC)cc2)n[nH]1)NCc1ccco1. The second-order valence-electron chi connectivity index (χ2n) is 5.46. The van der Waals surface area contributed by atoms with Crippen LogP contribution in [0.15, 0.2) is 52.1 Å². The Morgan fingerprint density at radius 1 is 1.23 bits per heavy atom. The third kappa shape index (κ3) is 4.62. The van der Waals surface area contributed by atoms with E-state index >= 15 is 0 Å². The van der Waals surface area contributed by atoms with Crippen LogP contribution in [0.5, 0.6) is 5.75 Å². The van der Waals surface area contributed by atoms with E-state index < -0.39 is 0 Å². The van der Waals surface area contributed by atoms with Crippen LogP contribution in [0.2, 0.25) is 0 Å². The minimum Gasteiger partial charge on any atom is -0.497 e. The molecule has 3 rings (SSSR count). The van der Waals surface area contributed by atoms with E-state index in [0.29, 0.717) is 30.7 Å². The minimum atomic E-state index is 0.386. The molecule has 0 saturated heterocycles. The van der Waals surface area contributed by atoms with Crippen molar-refractivity contribution < 1.29 is 9.15 Å². The molecular weight excluding hydrogens is 332 g/mol. The van der Waals surface area contributed by atoms with Gasteiger partial charge in [-0.05, 0) is 43.3 Å². The molecule has 0 unspecified atom stereocenters.